The van der Waals surface area contributed by atoms with Crippen LogP contribution in [0.15, 0.2) is 48.5 Å². The highest BCUT2D eigenvalue weighted by Gasteiger charge is 2.15. The molecule has 1 unspecified atom stereocenters. The highest BCUT2D eigenvalue weighted by atomic mass is 16.2. The first kappa shape index (κ1) is 14.3. The number of hydrogen-bond donors (Lipinski definition) is 2. The number of carbonyl (C=O) groups excluding carboxylic acids is 1. The summed E-state index contributed by atoms with van der Waals surface area (Å²) < 4.78 is 0. The van der Waals surface area contributed by atoms with Crippen molar-refractivity contribution < 1.29 is 4.79 Å². The van der Waals surface area contributed by atoms with Crippen LogP contribution in [-0.2, 0) is 11.2 Å². The number of aryl methyl sites for hydroxylation is 2. The molecule has 3 nitrogen and oxygen atoms in total. The summed E-state index contributed by atoms with van der Waals surface area (Å²) >= 11 is 0. The molecule has 2 aromatic rings. The van der Waals surface area contributed by atoms with Gasteiger partial charge >= 0.3 is 0 Å². The Morgan fingerprint density at radius 2 is 1.70 bits per heavy atom. The molecule has 1 amide bonds. The number of hydrogen-bond acceptors (Lipinski definition) is 2. The lowest BCUT2D eigenvalue weighted by molar-refractivity contribution is -0.117. The van der Waals surface area contributed by atoms with Gasteiger partial charge in [0.1, 0.15) is 6.04 Å². The van der Waals surface area contributed by atoms with Crippen molar-refractivity contribution in [2.75, 3.05) is 5.32 Å². The molecule has 0 aliphatic rings. The average molecular weight is 268 g/mol. The van der Waals surface area contributed by atoms with Gasteiger partial charge in [-0.1, -0.05) is 48.9 Å². The number of nitrogens with two attached hydrogens (primary N) is 1. The summed E-state index contributed by atoms with van der Waals surface area (Å²) in [7, 11) is 0. The maximum atomic E-state index is 12.1. The third-order valence-corrected chi connectivity index (χ3v) is 3.35. The summed E-state index contributed by atoms with van der Waals surface area (Å²) in [5.41, 5.74) is 9.96. The van der Waals surface area contributed by atoms with Gasteiger partial charge in [-0.05, 0) is 36.6 Å². The molecule has 3 heteroatoms. The Balaban J connectivity index is 2.05. The molecular formula is C17H20N2O. The highest BCUT2D eigenvalue weighted by Crippen LogP contribution is 2.15. The van der Waals surface area contributed by atoms with E-state index in [9.17, 15) is 4.79 Å². The molecule has 2 rings (SSSR count). The molecule has 0 aliphatic carbocycles. The number of carbonyl (C=O) groups is 1. The first-order valence-electron chi connectivity index (χ1n) is 6.82. The summed E-state index contributed by atoms with van der Waals surface area (Å²) in [5, 5.41) is 2.84. The predicted octanol–water partition coefficient (Wildman–Crippen LogP) is 3.20. The third kappa shape index (κ3) is 3.45. The summed E-state index contributed by atoms with van der Waals surface area (Å²) in [6.07, 6.45) is 0.983. The number of anilines is 1. The molecular weight excluding hydrogens is 248 g/mol. The van der Waals surface area contributed by atoms with E-state index < -0.39 is 6.04 Å². The van der Waals surface area contributed by atoms with Crippen LogP contribution in [0.4, 0.5) is 5.69 Å². The van der Waals surface area contributed by atoms with Crippen LogP contribution in [0.2, 0.25) is 0 Å². The third-order valence-electron chi connectivity index (χ3n) is 3.35. The van der Waals surface area contributed by atoms with Gasteiger partial charge in [-0.15, -0.1) is 0 Å². The number of rotatable bonds is 4. The molecule has 2 aromatic carbocycles. The van der Waals surface area contributed by atoms with E-state index in [-0.39, 0.29) is 5.91 Å². The van der Waals surface area contributed by atoms with Gasteiger partial charge in [0.25, 0.3) is 0 Å². The molecule has 0 bridgehead atoms. The van der Waals surface area contributed by atoms with Crippen LogP contribution in [0.5, 0.6) is 0 Å². The molecule has 0 aliphatic heterocycles. The predicted molar refractivity (Wildman–Crippen MR) is 82.6 cm³/mol. The second-order valence-electron chi connectivity index (χ2n) is 4.93. The Bertz CT molecular complexity index is 573. The maximum Gasteiger partial charge on any atom is 0.245 e. The van der Waals surface area contributed by atoms with E-state index in [0.29, 0.717) is 0 Å². The second-order valence-corrected chi connectivity index (χ2v) is 4.93. The van der Waals surface area contributed by atoms with Gasteiger partial charge in [-0.2, -0.15) is 0 Å². The number of amides is 1. The lowest BCUT2D eigenvalue weighted by atomic mass is 10.1. The minimum absolute atomic E-state index is 0.196. The molecule has 1 atom stereocenters. The first-order valence-corrected chi connectivity index (χ1v) is 6.82. The highest BCUT2D eigenvalue weighted by molar-refractivity contribution is 5.95. The fraction of sp³-hybridized carbons (Fsp3) is 0.235. The smallest absolute Gasteiger partial charge is 0.245 e. The number of nitrogens with one attached hydrogen (secondary N) is 1. The van der Waals surface area contributed by atoms with Gasteiger partial charge in [0.2, 0.25) is 5.91 Å². The zero-order valence-electron chi connectivity index (χ0n) is 11.9. The quantitative estimate of drug-likeness (QED) is 0.894. The van der Waals surface area contributed by atoms with Gasteiger partial charge in [-0.3, -0.25) is 4.79 Å². The summed E-state index contributed by atoms with van der Waals surface area (Å²) in [6.45, 7) is 4.10. The topological polar surface area (TPSA) is 55.1 Å². The van der Waals surface area contributed by atoms with Crippen molar-refractivity contribution in [3.05, 3.63) is 65.2 Å². The monoisotopic (exact) mass is 268 g/mol. The van der Waals surface area contributed by atoms with Crippen molar-refractivity contribution in [3.8, 4) is 0 Å². The minimum Gasteiger partial charge on any atom is -0.324 e. The van der Waals surface area contributed by atoms with E-state index in [0.717, 1.165) is 23.2 Å². The van der Waals surface area contributed by atoms with Crippen molar-refractivity contribution in [2.24, 2.45) is 5.73 Å². The zero-order valence-corrected chi connectivity index (χ0v) is 11.9. The van der Waals surface area contributed by atoms with E-state index in [1.807, 2.05) is 55.5 Å². The molecule has 20 heavy (non-hydrogen) atoms. The maximum absolute atomic E-state index is 12.1. The molecule has 0 spiro atoms. The lowest BCUT2D eigenvalue weighted by Crippen LogP contribution is -2.27. The van der Waals surface area contributed by atoms with Crippen molar-refractivity contribution in [3.63, 3.8) is 0 Å². The van der Waals surface area contributed by atoms with Crippen LogP contribution in [0.3, 0.4) is 0 Å². The van der Waals surface area contributed by atoms with E-state index in [2.05, 4.69) is 12.2 Å². The van der Waals surface area contributed by atoms with Crippen molar-refractivity contribution >= 4 is 11.6 Å². The molecule has 0 aromatic heterocycles. The van der Waals surface area contributed by atoms with E-state index in [4.69, 9.17) is 5.73 Å². The number of benzene rings is 2. The van der Waals surface area contributed by atoms with Crippen LogP contribution in [0.1, 0.15) is 29.7 Å². The summed E-state index contributed by atoms with van der Waals surface area (Å²) in [6, 6.07) is 14.9. The van der Waals surface area contributed by atoms with Crippen molar-refractivity contribution in [2.45, 2.75) is 26.3 Å². The van der Waals surface area contributed by atoms with Crippen LogP contribution >= 0.6 is 0 Å². The van der Waals surface area contributed by atoms with Gasteiger partial charge in [0.15, 0.2) is 0 Å². The van der Waals surface area contributed by atoms with Crippen molar-refractivity contribution in [1.82, 2.24) is 0 Å². The average Bonchev–Trinajstić information content (AvgIpc) is 2.48. The molecule has 0 saturated carbocycles. The van der Waals surface area contributed by atoms with Gasteiger partial charge in [0.05, 0.1) is 0 Å². The lowest BCUT2D eigenvalue weighted by Gasteiger charge is -2.13. The first-order chi connectivity index (χ1) is 9.60. The standard InChI is InChI=1S/C17H20N2O/c1-3-13-6-10-15(11-7-13)19-17(20)16(18)14-8-4-12(2)5-9-14/h4-11,16H,3,18H2,1-2H3,(H,19,20). The Morgan fingerprint density at radius 3 is 2.25 bits per heavy atom. The Labute approximate surface area is 119 Å². The normalized spacial score (nSPS) is 11.9. The molecule has 3 N–H and O–H groups in total. The van der Waals surface area contributed by atoms with E-state index in [1.165, 1.54) is 5.56 Å². The van der Waals surface area contributed by atoms with Gasteiger partial charge in [0, 0.05) is 5.69 Å². The fourth-order valence-corrected chi connectivity index (χ4v) is 1.97. The Morgan fingerprint density at radius 1 is 1.10 bits per heavy atom. The van der Waals surface area contributed by atoms with Crippen LogP contribution in [-0.4, -0.2) is 5.91 Å². The molecule has 0 heterocycles. The minimum atomic E-state index is -0.651. The zero-order chi connectivity index (χ0) is 14.5. The van der Waals surface area contributed by atoms with Crippen LogP contribution < -0.4 is 11.1 Å². The molecule has 0 radical (unpaired) electrons. The Kier molecular flexibility index (Phi) is 4.53. The van der Waals surface area contributed by atoms with Crippen molar-refractivity contribution in [1.29, 1.82) is 0 Å². The van der Waals surface area contributed by atoms with Crippen LogP contribution in [0, 0.1) is 6.92 Å². The van der Waals surface area contributed by atoms with Gasteiger partial charge in [-0.25, -0.2) is 0 Å². The van der Waals surface area contributed by atoms with Gasteiger partial charge < -0.3 is 11.1 Å². The Hall–Kier alpha value is -2.13. The van der Waals surface area contributed by atoms with E-state index in [1.54, 1.807) is 0 Å². The molecule has 104 valence electrons. The summed E-state index contributed by atoms with van der Waals surface area (Å²) in [4.78, 5) is 12.1. The molecule has 0 fully saturated rings. The largest absolute Gasteiger partial charge is 0.324 e. The molecule has 0 saturated heterocycles. The van der Waals surface area contributed by atoms with E-state index >= 15 is 0 Å². The van der Waals surface area contributed by atoms with Crippen LogP contribution in [0.25, 0.3) is 0 Å². The second kappa shape index (κ2) is 6.35. The SMILES string of the molecule is CCc1ccc(NC(=O)C(N)c2ccc(C)cc2)cc1. The fourth-order valence-electron chi connectivity index (χ4n) is 1.97. The summed E-state index contributed by atoms with van der Waals surface area (Å²) in [5.74, 6) is -0.196.